The Bertz CT molecular complexity index is 311. The lowest BCUT2D eigenvalue weighted by molar-refractivity contribution is -0.144. The SMILES string of the molecule is CCOC1CC(NC(=O)CCC(C)N)C12CCCC2. The van der Waals surface area contributed by atoms with E-state index >= 15 is 0 Å². The molecule has 0 aromatic rings. The summed E-state index contributed by atoms with van der Waals surface area (Å²) in [5.74, 6) is 0.156. The van der Waals surface area contributed by atoms with Gasteiger partial charge in [0.05, 0.1) is 6.10 Å². The van der Waals surface area contributed by atoms with Gasteiger partial charge >= 0.3 is 0 Å². The second-order valence-electron chi connectivity index (χ2n) is 6.26. The molecule has 0 bridgehead atoms. The zero-order chi connectivity index (χ0) is 13.9. The van der Waals surface area contributed by atoms with E-state index in [0.717, 1.165) is 19.4 Å². The maximum atomic E-state index is 11.9. The summed E-state index contributed by atoms with van der Waals surface area (Å²) in [5.41, 5.74) is 5.93. The molecule has 2 rings (SSSR count). The lowest BCUT2D eigenvalue weighted by Gasteiger charge is -2.54. The van der Waals surface area contributed by atoms with E-state index in [1.54, 1.807) is 0 Å². The van der Waals surface area contributed by atoms with E-state index in [9.17, 15) is 4.79 Å². The van der Waals surface area contributed by atoms with Crippen LogP contribution in [0.1, 0.15) is 58.8 Å². The molecule has 0 heterocycles. The maximum absolute atomic E-state index is 11.9. The van der Waals surface area contributed by atoms with Gasteiger partial charge in [0.15, 0.2) is 0 Å². The molecule has 0 aromatic carbocycles. The van der Waals surface area contributed by atoms with E-state index in [0.29, 0.717) is 18.6 Å². The number of carbonyl (C=O) groups is 1. The highest BCUT2D eigenvalue weighted by molar-refractivity contribution is 5.76. The predicted octanol–water partition coefficient (Wildman–Crippen LogP) is 1.97. The van der Waals surface area contributed by atoms with Gasteiger partial charge in [0, 0.05) is 30.5 Å². The first-order valence-electron chi connectivity index (χ1n) is 7.75. The topological polar surface area (TPSA) is 64.3 Å². The van der Waals surface area contributed by atoms with E-state index in [-0.39, 0.29) is 17.4 Å². The lowest BCUT2D eigenvalue weighted by Crippen LogP contribution is -2.63. The summed E-state index contributed by atoms with van der Waals surface area (Å²) < 4.78 is 5.85. The van der Waals surface area contributed by atoms with Crippen molar-refractivity contribution in [3.63, 3.8) is 0 Å². The summed E-state index contributed by atoms with van der Waals surface area (Å²) in [6.45, 7) is 4.77. The molecule has 3 atom stereocenters. The number of nitrogens with one attached hydrogen (secondary N) is 1. The van der Waals surface area contributed by atoms with Gasteiger partial charge in [0.25, 0.3) is 0 Å². The smallest absolute Gasteiger partial charge is 0.220 e. The van der Waals surface area contributed by atoms with Crippen molar-refractivity contribution in [2.45, 2.75) is 77.0 Å². The molecule has 3 N–H and O–H groups in total. The molecule has 0 aromatic heterocycles. The van der Waals surface area contributed by atoms with Gasteiger partial charge in [-0.05, 0) is 39.5 Å². The van der Waals surface area contributed by atoms with Crippen molar-refractivity contribution < 1.29 is 9.53 Å². The van der Waals surface area contributed by atoms with Crippen LogP contribution in [0.3, 0.4) is 0 Å². The largest absolute Gasteiger partial charge is 0.378 e. The molecule has 0 radical (unpaired) electrons. The van der Waals surface area contributed by atoms with Gasteiger partial charge in [0.1, 0.15) is 0 Å². The van der Waals surface area contributed by atoms with Crippen LogP contribution in [0.2, 0.25) is 0 Å². The van der Waals surface area contributed by atoms with Crippen LogP contribution < -0.4 is 11.1 Å². The van der Waals surface area contributed by atoms with Gasteiger partial charge in [-0.1, -0.05) is 12.8 Å². The van der Waals surface area contributed by atoms with Crippen LogP contribution in [0.4, 0.5) is 0 Å². The number of hydrogen-bond acceptors (Lipinski definition) is 3. The third-order valence-electron chi connectivity index (χ3n) is 4.85. The molecule has 2 aliphatic carbocycles. The van der Waals surface area contributed by atoms with Gasteiger partial charge in [0.2, 0.25) is 5.91 Å². The lowest BCUT2D eigenvalue weighted by atomic mass is 9.60. The van der Waals surface area contributed by atoms with E-state index in [2.05, 4.69) is 12.2 Å². The second-order valence-corrected chi connectivity index (χ2v) is 6.26. The normalized spacial score (nSPS) is 30.1. The zero-order valence-electron chi connectivity index (χ0n) is 12.3. The molecule has 3 unspecified atom stereocenters. The molecule has 0 aliphatic heterocycles. The number of hydrogen-bond donors (Lipinski definition) is 2. The molecule has 2 fully saturated rings. The predicted molar refractivity (Wildman–Crippen MR) is 75.7 cm³/mol. The summed E-state index contributed by atoms with van der Waals surface area (Å²) in [6.07, 6.45) is 7.61. The van der Waals surface area contributed by atoms with Crippen LogP contribution in [0.15, 0.2) is 0 Å². The van der Waals surface area contributed by atoms with Crippen LogP contribution in [-0.2, 0) is 9.53 Å². The minimum atomic E-state index is 0.101. The van der Waals surface area contributed by atoms with Crippen molar-refractivity contribution in [1.29, 1.82) is 0 Å². The van der Waals surface area contributed by atoms with Crippen molar-refractivity contribution in [2.75, 3.05) is 6.61 Å². The fraction of sp³-hybridized carbons (Fsp3) is 0.933. The zero-order valence-corrected chi connectivity index (χ0v) is 12.3. The summed E-state index contributed by atoms with van der Waals surface area (Å²) >= 11 is 0. The molecule has 2 aliphatic rings. The Kier molecular flexibility index (Phi) is 4.85. The van der Waals surface area contributed by atoms with Gasteiger partial charge in [-0.2, -0.15) is 0 Å². The second kappa shape index (κ2) is 6.23. The Labute approximate surface area is 116 Å². The number of amides is 1. The Morgan fingerprint density at radius 1 is 1.47 bits per heavy atom. The van der Waals surface area contributed by atoms with Crippen molar-refractivity contribution in [2.24, 2.45) is 11.1 Å². The van der Waals surface area contributed by atoms with E-state index in [1.165, 1.54) is 25.7 Å². The van der Waals surface area contributed by atoms with Crippen LogP contribution in [0, 0.1) is 5.41 Å². The van der Waals surface area contributed by atoms with Crippen molar-refractivity contribution >= 4 is 5.91 Å². The van der Waals surface area contributed by atoms with Crippen LogP contribution in [0.25, 0.3) is 0 Å². The summed E-state index contributed by atoms with van der Waals surface area (Å²) in [5, 5.41) is 3.22. The molecule has 0 saturated heterocycles. The highest BCUT2D eigenvalue weighted by Gasteiger charge is 2.57. The Hall–Kier alpha value is -0.610. The van der Waals surface area contributed by atoms with Crippen LogP contribution in [-0.4, -0.2) is 30.7 Å². The fourth-order valence-electron chi connectivity index (χ4n) is 3.71. The number of rotatable bonds is 6. The average molecular weight is 268 g/mol. The highest BCUT2D eigenvalue weighted by atomic mass is 16.5. The van der Waals surface area contributed by atoms with Gasteiger partial charge in [-0.15, -0.1) is 0 Å². The van der Waals surface area contributed by atoms with Gasteiger partial charge in [-0.3, -0.25) is 4.79 Å². The van der Waals surface area contributed by atoms with Crippen molar-refractivity contribution in [3.05, 3.63) is 0 Å². The van der Waals surface area contributed by atoms with E-state index in [4.69, 9.17) is 10.5 Å². The summed E-state index contributed by atoms with van der Waals surface area (Å²) in [4.78, 5) is 11.9. The molecule has 1 amide bonds. The molecule has 4 nitrogen and oxygen atoms in total. The van der Waals surface area contributed by atoms with Crippen LogP contribution in [0.5, 0.6) is 0 Å². The quantitative estimate of drug-likeness (QED) is 0.774. The van der Waals surface area contributed by atoms with Gasteiger partial charge < -0.3 is 15.8 Å². The van der Waals surface area contributed by atoms with Crippen molar-refractivity contribution in [1.82, 2.24) is 5.32 Å². The Balaban J connectivity index is 1.85. The third kappa shape index (κ3) is 3.11. The molecule has 1 spiro atoms. The minimum Gasteiger partial charge on any atom is -0.378 e. The molecule has 110 valence electrons. The third-order valence-corrected chi connectivity index (χ3v) is 4.85. The van der Waals surface area contributed by atoms with Crippen molar-refractivity contribution in [3.8, 4) is 0 Å². The molecule has 4 heteroatoms. The average Bonchev–Trinajstić information content (AvgIpc) is 2.87. The monoisotopic (exact) mass is 268 g/mol. The molecular weight excluding hydrogens is 240 g/mol. The molecule has 19 heavy (non-hydrogen) atoms. The Morgan fingerprint density at radius 2 is 2.16 bits per heavy atom. The first-order valence-corrected chi connectivity index (χ1v) is 7.75. The minimum absolute atomic E-state index is 0.101. The first kappa shape index (κ1) is 14.8. The standard InChI is InChI=1S/C15H28N2O2/c1-3-19-13-10-12(15(13)8-4-5-9-15)17-14(18)7-6-11(2)16/h11-13H,3-10,16H2,1-2H3,(H,17,18). The first-order chi connectivity index (χ1) is 9.08. The molecule has 2 saturated carbocycles. The van der Waals surface area contributed by atoms with Crippen LogP contribution >= 0.6 is 0 Å². The highest BCUT2D eigenvalue weighted by Crippen LogP contribution is 2.54. The molecular formula is C15H28N2O2. The fourth-order valence-corrected chi connectivity index (χ4v) is 3.71. The number of nitrogens with two attached hydrogens (primary N) is 1. The Morgan fingerprint density at radius 3 is 2.74 bits per heavy atom. The van der Waals surface area contributed by atoms with E-state index < -0.39 is 0 Å². The van der Waals surface area contributed by atoms with E-state index in [1.807, 2.05) is 6.92 Å². The number of carbonyl (C=O) groups excluding carboxylic acids is 1. The summed E-state index contributed by atoms with van der Waals surface area (Å²) in [7, 11) is 0. The van der Waals surface area contributed by atoms with Gasteiger partial charge in [-0.25, -0.2) is 0 Å². The number of ether oxygens (including phenoxy) is 1. The summed E-state index contributed by atoms with van der Waals surface area (Å²) in [6, 6.07) is 0.427. The maximum Gasteiger partial charge on any atom is 0.220 e.